The molecule has 0 N–H and O–H groups in total. The molecule has 0 aliphatic heterocycles. The van der Waals surface area contributed by atoms with Gasteiger partial charge in [-0.25, -0.2) is 0 Å². The molecular formula is C117H183Cl5N6Zr5-. The second-order valence-corrected chi connectivity index (χ2v) is 53.7. The molecule has 0 spiro atoms. The first-order chi connectivity index (χ1) is 56.4. The number of halogens is 5. The summed E-state index contributed by atoms with van der Waals surface area (Å²) in [6, 6.07) is 52.3. The third-order valence-electron chi connectivity index (χ3n) is 27.8. The molecule has 4 fully saturated rings. The average molecular weight is 2310 g/mol. The number of benzene rings is 3. The van der Waals surface area contributed by atoms with E-state index in [0.29, 0.717) is 65.1 Å². The molecule has 4 saturated carbocycles. The van der Waals surface area contributed by atoms with Crippen LogP contribution in [0.1, 0.15) is 293 Å². The molecule has 16 heteroatoms. The van der Waals surface area contributed by atoms with Crippen LogP contribution in [-0.4, -0.2) is 15.0 Å². The molecule has 7 aliphatic rings. The summed E-state index contributed by atoms with van der Waals surface area (Å²) >= 11 is -2.95. The first-order valence-corrected chi connectivity index (χ1v) is 61.3. The van der Waals surface area contributed by atoms with Crippen molar-refractivity contribution in [2.75, 3.05) is 0 Å². The monoisotopic (exact) mass is 2300 g/mol. The number of hydrogen-bond donors (Lipinski definition) is 0. The minimum absolute atomic E-state index is 0. The summed E-state index contributed by atoms with van der Waals surface area (Å²) in [5, 5.41) is 18.0. The smallest absolute Gasteiger partial charge is 4.00 e. The van der Waals surface area contributed by atoms with Gasteiger partial charge in [-0.1, -0.05) is 381 Å². The SMILES string of the molecule is C1CCCC1.CC(C)C1=C([N-]C(Cc2ccccc2)(CC(C)(C)C2CCCC2)c2ccccn2)C(C(C)C)CC=C1.CC(C)C1=C([N-]C(Cc2ccccc2)(c2ccccn2)C(C)(C)C2CCCC2)C(C(C)C)CC=C1.CC(C)C1=C([N-]C(Cc2ccccc2)(c2ccccn2)C(C)(C)C2CCCC2)C(C(C)C)CC=C1.[CH3-].[CH3-].[CH3-].[CH3-].[CH3-].[CH3-].[CH3-].[CH3-].[CH3-].[CH3-].[CH3-].[CH3-].[Cl][Zr+2][Cl].[Cl][Zr]([Cl])[Cl].[Zr+4].[Zr+4].[Zr+4]. The van der Waals surface area contributed by atoms with E-state index in [-0.39, 0.29) is 184 Å². The third-order valence-corrected chi connectivity index (χ3v) is 27.8. The Labute approximate surface area is 920 Å². The fraction of sp³-hybridized carbons (Fsp3) is 0.513. The van der Waals surface area contributed by atoms with E-state index in [9.17, 15) is 0 Å². The summed E-state index contributed by atoms with van der Waals surface area (Å²) in [5.41, 5.74) is 14.4. The number of nitrogens with zero attached hydrogens (tertiary/aromatic N) is 6. The fourth-order valence-corrected chi connectivity index (χ4v) is 20.8. The number of pyridine rings is 3. The summed E-state index contributed by atoms with van der Waals surface area (Å²) in [6.07, 6.45) is 50.3. The number of aromatic nitrogens is 3. The maximum atomic E-state index is 6.02. The molecule has 737 valence electrons. The second kappa shape index (κ2) is 73.0. The van der Waals surface area contributed by atoms with E-state index in [1.165, 1.54) is 160 Å². The van der Waals surface area contributed by atoms with Crippen LogP contribution in [0.25, 0.3) is 16.0 Å². The first-order valence-electron chi connectivity index (χ1n) is 45.4. The van der Waals surface area contributed by atoms with E-state index in [0.717, 1.165) is 67.9 Å². The minimum Gasteiger partial charge on any atom is 4.00 e. The quantitative estimate of drug-likeness (QED) is 0.0459. The molecule has 0 radical (unpaired) electrons. The van der Waals surface area contributed by atoms with Crippen molar-refractivity contribution in [2.45, 2.75) is 295 Å². The van der Waals surface area contributed by atoms with Gasteiger partial charge >= 0.3 is 160 Å². The van der Waals surface area contributed by atoms with Gasteiger partial charge in [0.1, 0.15) is 0 Å². The van der Waals surface area contributed by atoms with Crippen LogP contribution in [0.2, 0.25) is 0 Å². The molecule has 3 heterocycles. The number of allylic oxidation sites excluding steroid dienone is 12. The Bertz CT molecular complexity index is 3900. The van der Waals surface area contributed by atoms with E-state index in [4.69, 9.17) is 73.5 Å². The molecule has 0 amide bonds. The molecule has 3 aromatic heterocycles. The van der Waals surface area contributed by atoms with E-state index in [1.54, 1.807) is 0 Å². The average Bonchev–Trinajstić information content (AvgIpc) is 1.64. The zero-order valence-electron chi connectivity index (χ0n) is 89.0. The molecule has 6 atom stereocenters. The number of hydrogen-bond acceptors (Lipinski definition) is 3. The number of rotatable bonds is 28. The zero-order chi connectivity index (χ0) is 85.7. The van der Waals surface area contributed by atoms with Crippen molar-refractivity contribution >= 4 is 42.6 Å². The van der Waals surface area contributed by atoms with Gasteiger partial charge in [0.05, 0.1) is 0 Å². The molecule has 13 rings (SSSR count). The second-order valence-electron chi connectivity index (χ2n) is 38.8. The molecule has 3 aromatic carbocycles. The summed E-state index contributed by atoms with van der Waals surface area (Å²) in [5.74, 6) is 6.31. The Balaban J connectivity index is -0.000000262. The van der Waals surface area contributed by atoms with Crippen molar-refractivity contribution in [2.24, 2.45) is 87.3 Å². The fourth-order valence-electron chi connectivity index (χ4n) is 20.8. The normalized spacial score (nSPS) is 17.9. The van der Waals surface area contributed by atoms with Gasteiger partial charge in [0.15, 0.2) is 0 Å². The summed E-state index contributed by atoms with van der Waals surface area (Å²) in [7, 11) is 24.9. The van der Waals surface area contributed by atoms with Crippen LogP contribution in [0.4, 0.5) is 0 Å². The van der Waals surface area contributed by atoms with E-state index >= 15 is 0 Å². The predicted octanol–water partition coefficient (Wildman–Crippen LogP) is 38.9. The van der Waals surface area contributed by atoms with Crippen molar-refractivity contribution in [1.82, 2.24) is 15.0 Å². The molecule has 0 bridgehead atoms. The van der Waals surface area contributed by atoms with Crippen LogP contribution in [0.15, 0.2) is 234 Å². The van der Waals surface area contributed by atoms with Crippen LogP contribution < -0.4 is 0 Å². The summed E-state index contributed by atoms with van der Waals surface area (Å²) < 4.78 is 0. The van der Waals surface area contributed by atoms with Crippen molar-refractivity contribution in [3.8, 4) is 0 Å². The Morgan fingerprint density at radius 3 is 0.827 bits per heavy atom. The molecule has 6 nitrogen and oxygen atoms in total. The van der Waals surface area contributed by atoms with Crippen LogP contribution in [0.5, 0.6) is 0 Å². The largest absolute Gasteiger partial charge is 4.00 e. The van der Waals surface area contributed by atoms with Crippen molar-refractivity contribution in [3.05, 3.63) is 373 Å². The van der Waals surface area contributed by atoms with E-state index < -0.39 is 55.6 Å². The molecule has 7 aliphatic carbocycles. The van der Waals surface area contributed by atoms with E-state index in [1.807, 2.05) is 36.8 Å². The Morgan fingerprint density at radius 1 is 0.338 bits per heavy atom. The Hall–Kier alpha value is -1.18. The summed E-state index contributed by atoms with van der Waals surface area (Å²) in [4.78, 5) is 15.1. The Kier molecular flexibility index (Phi) is 80.7. The van der Waals surface area contributed by atoms with Gasteiger partial charge in [-0.2, -0.15) is 17.1 Å². The van der Waals surface area contributed by atoms with Crippen LogP contribution in [0.3, 0.4) is 0 Å². The van der Waals surface area contributed by atoms with Crippen LogP contribution >= 0.6 is 42.6 Å². The van der Waals surface area contributed by atoms with Gasteiger partial charge in [-0.15, -0.1) is 0 Å². The van der Waals surface area contributed by atoms with Gasteiger partial charge in [-0.3, -0.25) is 15.0 Å². The van der Waals surface area contributed by atoms with Gasteiger partial charge in [0.25, 0.3) is 0 Å². The van der Waals surface area contributed by atoms with Gasteiger partial charge < -0.3 is 105 Å². The van der Waals surface area contributed by atoms with Gasteiger partial charge in [-0.05, 0) is 217 Å². The van der Waals surface area contributed by atoms with E-state index in [2.05, 4.69) is 288 Å². The first kappa shape index (κ1) is 147. The standard InChI is InChI=1S/C34H47N2.2C33H45N2.C5H10.12CH3.5ClH.5Zr/c1-25(2)29-19-14-20-30(26(3)4)32(29)36-34(31-21-12-13-22-35-31,23-27-15-8-7-9-16-27)24-33(5,6)28-17-10-11-18-28;2*1-24(2)28-19-14-20-29(25(3)4)31(28)35-33(30-21-12-13-22-34-30,23-26-15-8-7-9-16-26)32(5,6)27-17-10-11-18-27;1-2-4-5-3-1;;;;;;;;;;;;;;;;;;;;;;/h7-9,12-16,19,21-22,25-26,28,30H,10-11,17-18,20,23-24H2,1-6H3;2*7-9,12-16,19,21-22,24-25,27,29H,10-11,17-18,20,23H2,1-6H3;1-5H2;12*1H3;5*1H;;;;;/q3*-1;;12*-1;;;;;;+3;4*+4/p-5. The minimum atomic E-state index is -2.13. The molecule has 6 aromatic rings. The molecule has 6 unspecified atom stereocenters. The maximum Gasteiger partial charge on any atom is 4.00 e. The Morgan fingerprint density at radius 2 is 0.579 bits per heavy atom. The van der Waals surface area contributed by atoms with Crippen molar-refractivity contribution in [1.29, 1.82) is 0 Å². The molecule has 0 saturated heterocycles. The maximum absolute atomic E-state index is 6.02. The predicted molar refractivity (Wildman–Crippen MR) is 581 cm³/mol. The topological polar surface area (TPSA) is 81.0 Å². The third kappa shape index (κ3) is 41.5. The van der Waals surface area contributed by atoms with Crippen LogP contribution in [-0.2, 0) is 154 Å². The molecule has 133 heavy (non-hydrogen) atoms. The van der Waals surface area contributed by atoms with Crippen molar-refractivity contribution in [3.63, 3.8) is 0 Å². The zero-order valence-corrected chi connectivity index (χ0v) is 105. The molecular weight excluding hydrogens is 2120 g/mol. The van der Waals surface area contributed by atoms with Gasteiger partial charge in [0, 0.05) is 35.7 Å². The van der Waals surface area contributed by atoms with Crippen LogP contribution in [0, 0.1) is 176 Å². The van der Waals surface area contributed by atoms with Gasteiger partial charge in [0.2, 0.25) is 0 Å². The summed E-state index contributed by atoms with van der Waals surface area (Å²) in [6.45, 7) is 43.0. The van der Waals surface area contributed by atoms with Crippen molar-refractivity contribution < 1.29 is 118 Å².